The monoisotopic (exact) mass is 203 g/mol. The van der Waals surface area contributed by atoms with Gasteiger partial charge in [-0.15, -0.1) is 0 Å². The number of carbonyl (C=O) groups excluding carboxylic acids is 1. The molecule has 0 aromatic carbocycles. The Morgan fingerprint density at radius 1 is 1.36 bits per heavy atom. The van der Waals surface area contributed by atoms with Crippen LogP contribution in [0, 0.1) is 0 Å². The fraction of sp³-hybridized carbons (Fsp3) is 0.750. The highest BCUT2D eigenvalue weighted by Gasteiger charge is 2.11. The largest absolute Gasteiger partial charge is 0.480 e. The molecule has 0 aromatic rings. The van der Waals surface area contributed by atoms with Gasteiger partial charge < -0.3 is 21.9 Å². The van der Waals surface area contributed by atoms with Crippen LogP contribution in [0.15, 0.2) is 0 Å². The van der Waals surface area contributed by atoms with E-state index in [2.05, 4.69) is 5.32 Å². The van der Waals surface area contributed by atoms with Gasteiger partial charge in [0.1, 0.15) is 6.04 Å². The summed E-state index contributed by atoms with van der Waals surface area (Å²) in [6.45, 7) is 0.526. The molecule has 1 amide bonds. The first kappa shape index (κ1) is 12.9. The first-order valence-electron chi connectivity index (χ1n) is 4.53. The molecule has 0 heterocycles. The first-order chi connectivity index (χ1) is 6.57. The van der Waals surface area contributed by atoms with Crippen LogP contribution in [-0.2, 0) is 9.59 Å². The molecule has 0 saturated carbocycles. The van der Waals surface area contributed by atoms with E-state index in [4.69, 9.17) is 16.6 Å². The Bertz CT molecular complexity index is 196. The first-order valence-corrected chi connectivity index (χ1v) is 4.53. The number of hydrogen-bond donors (Lipinski definition) is 4. The van der Waals surface area contributed by atoms with E-state index in [-0.39, 0.29) is 12.5 Å². The Hall–Kier alpha value is -1.14. The topological polar surface area (TPSA) is 118 Å². The van der Waals surface area contributed by atoms with Gasteiger partial charge in [0.25, 0.3) is 0 Å². The number of carboxylic acid groups (broad SMARTS) is 1. The number of amides is 1. The quantitative estimate of drug-likeness (QED) is 0.381. The second kappa shape index (κ2) is 7.28. The SMILES string of the molecule is NCCCCC(=O)NC[C@H](N)C(=O)O. The van der Waals surface area contributed by atoms with E-state index in [1.165, 1.54) is 0 Å². The fourth-order valence-corrected chi connectivity index (χ4v) is 0.829. The van der Waals surface area contributed by atoms with Crippen LogP contribution in [0.5, 0.6) is 0 Å². The molecule has 0 rings (SSSR count). The van der Waals surface area contributed by atoms with Crippen molar-refractivity contribution in [3.63, 3.8) is 0 Å². The lowest BCUT2D eigenvalue weighted by atomic mass is 10.2. The summed E-state index contributed by atoms with van der Waals surface area (Å²) >= 11 is 0. The molecule has 0 fully saturated rings. The summed E-state index contributed by atoms with van der Waals surface area (Å²) in [4.78, 5) is 21.3. The molecule has 0 aliphatic carbocycles. The minimum atomic E-state index is -1.12. The van der Waals surface area contributed by atoms with Gasteiger partial charge >= 0.3 is 5.97 Å². The number of unbranched alkanes of at least 4 members (excludes halogenated alkanes) is 1. The maximum atomic E-state index is 11.0. The van der Waals surface area contributed by atoms with Crippen LogP contribution >= 0.6 is 0 Å². The molecule has 6 N–H and O–H groups in total. The van der Waals surface area contributed by atoms with Crippen LogP contribution < -0.4 is 16.8 Å². The molecule has 0 aromatic heterocycles. The van der Waals surface area contributed by atoms with Crippen LogP contribution in [-0.4, -0.2) is 36.1 Å². The standard InChI is InChI=1S/C8H17N3O3/c9-4-2-1-3-7(12)11-5-6(10)8(13)14/h6H,1-5,9-10H2,(H,11,12)(H,13,14)/t6-/m0/s1. The zero-order valence-corrected chi connectivity index (χ0v) is 8.03. The average Bonchev–Trinajstić information content (AvgIpc) is 2.14. The molecule has 6 heteroatoms. The van der Waals surface area contributed by atoms with Crippen molar-refractivity contribution in [1.82, 2.24) is 5.32 Å². The van der Waals surface area contributed by atoms with Crippen molar-refractivity contribution in [3.8, 4) is 0 Å². The van der Waals surface area contributed by atoms with Gasteiger partial charge in [-0.05, 0) is 19.4 Å². The Morgan fingerprint density at radius 2 is 2.00 bits per heavy atom. The Kier molecular flexibility index (Phi) is 6.69. The van der Waals surface area contributed by atoms with Crippen molar-refractivity contribution in [2.45, 2.75) is 25.3 Å². The molecule has 0 unspecified atom stereocenters. The minimum Gasteiger partial charge on any atom is -0.480 e. The van der Waals surface area contributed by atoms with E-state index in [1.54, 1.807) is 0 Å². The van der Waals surface area contributed by atoms with Crippen molar-refractivity contribution in [2.24, 2.45) is 11.5 Å². The van der Waals surface area contributed by atoms with Gasteiger partial charge in [-0.1, -0.05) is 0 Å². The van der Waals surface area contributed by atoms with Gasteiger partial charge in [0, 0.05) is 13.0 Å². The van der Waals surface area contributed by atoms with Crippen LogP contribution in [0.3, 0.4) is 0 Å². The third-order valence-corrected chi connectivity index (χ3v) is 1.69. The summed E-state index contributed by atoms with van der Waals surface area (Å²) in [7, 11) is 0. The van der Waals surface area contributed by atoms with Crippen LogP contribution in [0.25, 0.3) is 0 Å². The normalized spacial score (nSPS) is 12.1. The Labute approximate surface area is 82.6 Å². The van der Waals surface area contributed by atoms with Gasteiger partial charge in [-0.25, -0.2) is 0 Å². The zero-order chi connectivity index (χ0) is 11.0. The molecule has 6 nitrogen and oxygen atoms in total. The molecule has 0 aliphatic rings. The van der Waals surface area contributed by atoms with Gasteiger partial charge in [0.15, 0.2) is 0 Å². The molecule has 0 aliphatic heterocycles. The molecular formula is C8H17N3O3. The van der Waals surface area contributed by atoms with Gasteiger partial charge in [0.2, 0.25) is 5.91 Å². The third-order valence-electron chi connectivity index (χ3n) is 1.69. The highest BCUT2D eigenvalue weighted by molar-refractivity contribution is 5.78. The molecule has 0 spiro atoms. The van der Waals surface area contributed by atoms with E-state index >= 15 is 0 Å². The van der Waals surface area contributed by atoms with Gasteiger partial charge in [0.05, 0.1) is 0 Å². The summed E-state index contributed by atoms with van der Waals surface area (Å²) in [5.74, 6) is -1.30. The second-order valence-electron chi connectivity index (χ2n) is 2.99. The number of nitrogens with one attached hydrogen (secondary N) is 1. The number of carboxylic acids is 1. The number of aliphatic carboxylic acids is 1. The van der Waals surface area contributed by atoms with Crippen molar-refractivity contribution in [3.05, 3.63) is 0 Å². The minimum absolute atomic E-state index is 0.0310. The lowest BCUT2D eigenvalue weighted by molar-refractivity contribution is -0.138. The van der Waals surface area contributed by atoms with Crippen molar-refractivity contribution in [2.75, 3.05) is 13.1 Å². The smallest absolute Gasteiger partial charge is 0.322 e. The number of rotatable bonds is 7. The predicted molar refractivity (Wildman–Crippen MR) is 51.5 cm³/mol. The molecular weight excluding hydrogens is 186 g/mol. The van der Waals surface area contributed by atoms with Crippen molar-refractivity contribution < 1.29 is 14.7 Å². The highest BCUT2D eigenvalue weighted by atomic mass is 16.4. The Morgan fingerprint density at radius 3 is 2.50 bits per heavy atom. The highest BCUT2D eigenvalue weighted by Crippen LogP contribution is 1.92. The van der Waals surface area contributed by atoms with E-state index in [0.29, 0.717) is 19.4 Å². The number of nitrogens with two attached hydrogens (primary N) is 2. The molecule has 0 bridgehead atoms. The summed E-state index contributed by atoms with van der Waals surface area (Å²) in [5.41, 5.74) is 10.4. The second-order valence-corrected chi connectivity index (χ2v) is 2.99. The third kappa shape index (κ3) is 6.38. The molecule has 1 atom stereocenters. The van der Waals surface area contributed by atoms with E-state index in [0.717, 1.165) is 6.42 Å². The number of carbonyl (C=O) groups is 2. The van der Waals surface area contributed by atoms with Gasteiger partial charge in [-0.2, -0.15) is 0 Å². The summed E-state index contributed by atoms with van der Waals surface area (Å²) < 4.78 is 0. The average molecular weight is 203 g/mol. The van der Waals surface area contributed by atoms with Crippen LogP contribution in [0.2, 0.25) is 0 Å². The lowest BCUT2D eigenvalue weighted by Gasteiger charge is -2.07. The van der Waals surface area contributed by atoms with Gasteiger partial charge in [-0.3, -0.25) is 9.59 Å². The molecule has 14 heavy (non-hydrogen) atoms. The van der Waals surface area contributed by atoms with E-state index in [9.17, 15) is 9.59 Å². The van der Waals surface area contributed by atoms with E-state index < -0.39 is 12.0 Å². The Balaban J connectivity index is 3.48. The lowest BCUT2D eigenvalue weighted by Crippen LogP contribution is -2.42. The van der Waals surface area contributed by atoms with E-state index in [1.807, 2.05) is 0 Å². The predicted octanol–water partition coefficient (Wildman–Crippen LogP) is -1.36. The number of hydrogen-bond acceptors (Lipinski definition) is 4. The fourth-order valence-electron chi connectivity index (χ4n) is 0.829. The summed E-state index contributed by atoms with van der Waals surface area (Å²) in [6.07, 6.45) is 1.87. The van der Waals surface area contributed by atoms with Crippen LogP contribution in [0.4, 0.5) is 0 Å². The molecule has 82 valence electrons. The maximum Gasteiger partial charge on any atom is 0.322 e. The van der Waals surface area contributed by atoms with Crippen LogP contribution in [0.1, 0.15) is 19.3 Å². The summed E-state index contributed by atoms with van der Waals surface area (Å²) in [5, 5.41) is 10.9. The summed E-state index contributed by atoms with van der Waals surface area (Å²) in [6, 6.07) is -1.03. The maximum absolute atomic E-state index is 11.0. The molecule has 0 radical (unpaired) electrons. The zero-order valence-electron chi connectivity index (χ0n) is 8.03. The van der Waals surface area contributed by atoms with Crippen molar-refractivity contribution >= 4 is 11.9 Å². The molecule has 0 saturated heterocycles. The van der Waals surface area contributed by atoms with Crippen molar-refractivity contribution in [1.29, 1.82) is 0 Å².